The summed E-state index contributed by atoms with van der Waals surface area (Å²) >= 11 is 0. The van der Waals surface area contributed by atoms with Gasteiger partial charge < -0.3 is 5.11 Å². The number of carboxylic acid groups (broad SMARTS) is 1. The lowest BCUT2D eigenvalue weighted by molar-refractivity contribution is -0.146. The first-order valence-corrected chi connectivity index (χ1v) is 9.47. The first kappa shape index (κ1) is 21.9. The maximum Gasteiger partial charge on any atom is 0.314 e. The second kappa shape index (κ2) is 15.8. The molecule has 0 saturated heterocycles. The van der Waals surface area contributed by atoms with Crippen molar-refractivity contribution in [3.05, 3.63) is 12.2 Å². The third kappa shape index (κ3) is 14.2. The largest absolute Gasteiger partial charge is 0.481 e. The molecular weight excluding hydrogens is 288 g/mol. The fourth-order valence-electron chi connectivity index (χ4n) is 2.74. The zero-order valence-electron chi connectivity index (χ0n) is 15.2. The summed E-state index contributed by atoms with van der Waals surface area (Å²) in [6.45, 7) is 3.62. The average Bonchev–Trinajstić information content (AvgIpc) is 2.50. The number of hydrogen-bond donors (Lipinski definition) is 1. The number of Topliss-reactive ketones (excluding diaryl/α,β-unsaturated/α-hetero) is 1. The Morgan fingerprint density at radius 3 is 1.78 bits per heavy atom. The Labute approximate surface area is 142 Å². The smallest absolute Gasteiger partial charge is 0.314 e. The summed E-state index contributed by atoms with van der Waals surface area (Å²) in [5.74, 6) is -2.00. The van der Waals surface area contributed by atoms with Crippen LogP contribution in [0.2, 0.25) is 0 Å². The van der Waals surface area contributed by atoms with Gasteiger partial charge in [0.15, 0.2) is 0 Å². The van der Waals surface area contributed by atoms with Crippen molar-refractivity contribution in [2.24, 2.45) is 5.92 Å². The van der Waals surface area contributed by atoms with Crippen LogP contribution < -0.4 is 0 Å². The predicted molar refractivity (Wildman–Crippen MR) is 96.6 cm³/mol. The van der Waals surface area contributed by atoms with E-state index in [4.69, 9.17) is 5.11 Å². The van der Waals surface area contributed by atoms with E-state index in [9.17, 15) is 9.59 Å². The minimum absolute atomic E-state index is 0.227. The molecule has 0 fully saturated rings. The zero-order valence-corrected chi connectivity index (χ0v) is 15.2. The summed E-state index contributed by atoms with van der Waals surface area (Å²) in [4.78, 5) is 22.0. The van der Waals surface area contributed by atoms with Crippen molar-refractivity contribution in [3.8, 4) is 0 Å². The van der Waals surface area contributed by atoms with Gasteiger partial charge in [0.25, 0.3) is 0 Å². The second-order valence-electron chi connectivity index (χ2n) is 6.52. The molecule has 0 amide bonds. The van der Waals surface area contributed by atoms with Crippen LogP contribution in [0.15, 0.2) is 12.2 Å². The minimum atomic E-state index is -0.977. The van der Waals surface area contributed by atoms with Crippen LogP contribution in [0, 0.1) is 5.92 Å². The van der Waals surface area contributed by atoms with Gasteiger partial charge in [-0.15, -0.1) is 0 Å². The molecule has 23 heavy (non-hydrogen) atoms. The molecule has 0 aliphatic heterocycles. The first-order valence-electron chi connectivity index (χ1n) is 9.47. The molecule has 1 N–H and O–H groups in total. The van der Waals surface area contributed by atoms with Gasteiger partial charge in [-0.3, -0.25) is 9.59 Å². The van der Waals surface area contributed by atoms with Gasteiger partial charge in [-0.1, -0.05) is 70.4 Å². The van der Waals surface area contributed by atoms with Crippen LogP contribution >= 0.6 is 0 Å². The molecule has 1 atom stereocenters. The third-order valence-electron chi connectivity index (χ3n) is 4.29. The SMILES string of the molecule is CCCCCCCCC=CCCCCCCC(C(C)=O)C(=O)O. The summed E-state index contributed by atoms with van der Waals surface area (Å²) in [7, 11) is 0. The molecule has 0 heterocycles. The Morgan fingerprint density at radius 1 is 0.826 bits per heavy atom. The highest BCUT2D eigenvalue weighted by Crippen LogP contribution is 2.13. The van der Waals surface area contributed by atoms with E-state index in [0.29, 0.717) is 6.42 Å². The number of carbonyl (C=O) groups is 2. The standard InChI is InChI=1S/C20H36O3/c1-3-4-5-6-7-8-9-10-11-12-13-14-15-16-17-19(18(2)21)20(22)23/h10-11,19H,3-9,12-17H2,1-2H3,(H,22,23). The molecule has 0 radical (unpaired) electrons. The molecule has 0 aromatic rings. The number of carbonyl (C=O) groups excluding carboxylic acids is 1. The van der Waals surface area contributed by atoms with Gasteiger partial charge in [-0.05, 0) is 39.0 Å². The molecule has 0 aromatic heterocycles. The van der Waals surface area contributed by atoms with Crippen molar-refractivity contribution < 1.29 is 14.7 Å². The Bertz CT molecular complexity index is 320. The number of aliphatic carboxylic acids is 1. The number of ketones is 1. The van der Waals surface area contributed by atoms with Crippen LogP contribution in [0.3, 0.4) is 0 Å². The van der Waals surface area contributed by atoms with Crippen molar-refractivity contribution in [2.75, 3.05) is 0 Å². The molecule has 0 saturated carbocycles. The Kier molecular flexibility index (Phi) is 15.0. The normalized spacial score (nSPS) is 12.6. The second-order valence-corrected chi connectivity index (χ2v) is 6.52. The first-order chi connectivity index (χ1) is 11.1. The molecule has 0 rings (SSSR count). The molecule has 0 aliphatic carbocycles. The predicted octanol–water partition coefficient (Wildman–Crippen LogP) is 5.92. The van der Waals surface area contributed by atoms with Crippen LogP contribution in [0.5, 0.6) is 0 Å². The maximum absolute atomic E-state index is 11.2. The molecule has 3 heteroatoms. The van der Waals surface area contributed by atoms with Crippen molar-refractivity contribution in [3.63, 3.8) is 0 Å². The molecule has 1 unspecified atom stereocenters. The van der Waals surface area contributed by atoms with Gasteiger partial charge in [-0.2, -0.15) is 0 Å². The summed E-state index contributed by atoms with van der Waals surface area (Å²) in [5, 5.41) is 8.92. The highest BCUT2D eigenvalue weighted by atomic mass is 16.4. The molecule has 3 nitrogen and oxygen atoms in total. The van der Waals surface area contributed by atoms with Crippen LogP contribution in [0.25, 0.3) is 0 Å². The fraction of sp³-hybridized carbons (Fsp3) is 0.800. The zero-order chi connectivity index (χ0) is 17.3. The molecular formula is C20H36O3. The number of hydrogen-bond acceptors (Lipinski definition) is 2. The van der Waals surface area contributed by atoms with Gasteiger partial charge in [0.05, 0.1) is 0 Å². The van der Waals surface area contributed by atoms with Crippen molar-refractivity contribution in [2.45, 2.75) is 97.3 Å². The lowest BCUT2D eigenvalue weighted by atomic mass is 9.97. The van der Waals surface area contributed by atoms with Crippen molar-refractivity contribution >= 4 is 11.8 Å². The van der Waals surface area contributed by atoms with Gasteiger partial charge >= 0.3 is 5.97 Å². The average molecular weight is 325 g/mol. The van der Waals surface area contributed by atoms with Crippen LogP contribution in [0.4, 0.5) is 0 Å². The summed E-state index contributed by atoms with van der Waals surface area (Å²) < 4.78 is 0. The molecule has 0 bridgehead atoms. The number of rotatable bonds is 16. The quantitative estimate of drug-likeness (QED) is 0.218. The van der Waals surface area contributed by atoms with Gasteiger partial charge in [0.2, 0.25) is 0 Å². The highest BCUT2D eigenvalue weighted by molar-refractivity contribution is 5.96. The Balaban J connectivity index is 3.37. The summed E-state index contributed by atoms with van der Waals surface area (Å²) in [5.41, 5.74) is 0. The van der Waals surface area contributed by atoms with Gasteiger partial charge in [0.1, 0.15) is 11.7 Å². The van der Waals surface area contributed by atoms with Gasteiger partial charge in [-0.25, -0.2) is 0 Å². The van der Waals surface area contributed by atoms with E-state index in [2.05, 4.69) is 19.1 Å². The van der Waals surface area contributed by atoms with Crippen LogP contribution in [0.1, 0.15) is 97.3 Å². The van der Waals surface area contributed by atoms with Crippen molar-refractivity contribution in [1.82, 2.24) is 0 Å². The minimum Gasteiger partial charge on any atom is -0.481 e. The van der Waals surface area contributed by atoms with Gasteiger partial charge in [0, 0.05) is 0 Å². The highest BCUT2D eigenvalue weighted by Gasteiger charge is 2.21. The summed E-state index contributed by atoms with van der Waals surface area (Å²) in [6, 6.07) is 0. The monoisotopic (exact) mass is 324 g/mol. The van der Waals surface area contributed by atoms with E-state index in [-0.39, 0.29) is 5.78 Å². The molecule has 0 spiro atoms. The van der Waals surface area contributed by atoms with E-state index in [1.807, 2.05) is 0 Å². The van der Waals surface area contributed by atoms with Crippen molar-refractivity contribution in [1.29, 1.82) is 0 Å². The molecule has 0 aromatic carbocycles. The topological polar surface area (TPSA) is 54.4 Å². The van der Waals surface area contributed by atoms with Crippen LogP contribution in [-0.2, 0) is 9.59 Å². The Morgan fingerprint density at radius 2 is 1.30 bits per heavy atom. The molecule has 134 valence electrons. The number of carboxylic acids is 1. The summed E-state index contributed by atoms with van der Waals surface area (Å²) in [6.07, 6.45) is 19.6. The number of unbranched alkanes of at least 4 members (excludes halogenated alkanes) is 10. The van der Waals surface area contributed by atoms with E-state index >= 15 is 0 Å². The fourth-order valence-corrected chi connectivity index (χ4v) is 2.74. The lowest BCUT2D eigenvalue weighted by Gasteiger charge is -2.07. The Hall–Kier alpha value is -1.12. The van der Waals surface area contributed by atoms with E-state index < -0.39 is 11.9 Å². The third-order valence-corrected chi connectivity index (χ3v) is 4.29. The van der Waals surface area contributed by atoms with E-state index in [1.54, 1.807) is 0 Å². The lowest BCUT2D eigenvalue weighted by Crippen LogP contribution is -2.21. The molecule has 0 aliphatic rings. The van der Waals surface area contributed by atoms with E-state index in [1.165, 1.54) is 51.9 Å². The number of allylic oxidation sites excluding steroid dienone is 2. The van der Waals surface area contributed by atoms with Crippen LogP contribution in [-0.4, -0.2) is 16.9 Å². The maximum atomic E-state index is 11.2. The van der Waals surface area contributed by atoms with E-state index in [0.717, 1.165) is 32.1 Å².